The van der Waals surface area contributed by atoms with Crippen LogP contribution in [0, 0.1) is 5.82 Å². The number of carbonyl (C=O) groups excluding carboxylic acids is 1. The van der Waals surface area contributed by atoms with Crippen molar-refractivity contribution in [2.24, 2.45) is 0 Å². The van der Waals surface area contributed by atoms with E-state index in [1.807, 2.05) is 10.8 Å². The molecule has 5 nitrogen and oxygen atoms in total. The number of hydrogen-bond acceptors (Lipinski definition) is 2. The van der Waals surface area contributed by atoms with Crippen LogP contribution in [0.2, 0.25) is 0 Å². The number of benzene rings is 1. The largest absolute Gasteiger partial charge is 0.478 e. The molecular formula is C15H13FN2O3. The summed E-state index contributed by atoms with van der Waals surface area (Å²) in [5, 5.41) is 11.6. The zero-order valence-electron chi connectivity index (χ0n) is 11.0. The van der Waals surface area contributed by atoms with Gasteiger partial charge in [0.2, 0.25) is 0 Å². The Hall–Kier alpha value is -2.63. The molecule has 1 fully saturated rings. The summed E-state index contributed by atoms with van der Waals surface area (Å²) in [5.74, 6) is -2.27. The maximum absolute atomic E-state index is 13.3. The van der Waals surface area contributed by atoms with E-state index in [9.17, 15) is 14.0 Å². The van der Waals surface area contributed by atoms with Crippen LogP contribution < -0.4 is 5.32 Å². The van der Waals surface area contributed by atoms with Gasteiger partial charge in [0.15, 0.2) is 0 Å². The van der Waals surface area contributed by atoms with Crippen molar-refractivity contribution in [3.05, 3.63) is 53.6 Å². The van der Waals surface area contributed by atoms with Crippen molar-refractivity contribution < 1.29 is 19.1 Å². The molecule has 1 heterocycles. The first-order valence-corrected chi connectivity index (χ1v) is 6.57. The van der Waals surface area contributed by atoms with Gasteiger partial charge in [-0.25, -0.2) is 9.18 Å². The van der Waals surface area contributed by atoms with Crippen LogP contribution in [0.15, 0.2) is 36.5 Å². The molecule has 1 saturated carbocycles. The second kappa shape index (κ2) is 5.05. The quantitative estimate of drug-likeness (QED) is 0.908. The summed E-state index contributed by atoms with van der Waals surface area (Å²) in [5.41, 5.74) is 0.253. The number of carboxylic acid groups (broad SMARTS) is 1. The Balaban J connectivity index is 1.89. The normalized spacial score (nSPS) is 14.0. The lowest BCUT2D eigenvalue weighted by Gasteiger charge is -2.11. The molecule has 2 N–H and O–H groups in total. The minimum absolute atomic E-state index is 0.0453. The number of nitrogens with one attached hydrogen (secondary N) is 1. The Morgan fingerprint density at radius 1 is 1.29 bits per heavy atom. The average Bonchev–Trinajstić information content (AvgIpc) is 3.15. The standard InChI is InChI=1S/C15H13FN2O3/c16-9-3-6-11(15(20)21)12(8-9)17-14(19)13-2-1-7-18(13)10-4-5-10/h1-3,6-8,10H,4-5H2,(H,17,19)(H,20,21). The molecule has 21 heavy (non-hydrogen) atoms. The van der Waals surface area contributed by atoms with Crippen molar-refractivity contribution in [1.82, 2.24) is 4.57 Å². The molecule has 1 aliphatic rings. The van der Waals surface area contributed by atoms with Gasteiger partial charge in [-0.05, 0) is 43.2 Å². The Morgan fingerprint density at radius 2 is 2.05 bits per heavy atom. The molecule has 0 radical (unpaired) electrons. The maximum atomic E-state index is 13.3. The molecule has 0 saturated heterocycles. The summed E-state index contributed by atoms with van der Waals surface area (Å²) < 4.78 is 15.1. The second-order valence-electron chi connectivity index (χ2n) is 4.98. The first-order chi connectivity index (χ1) is 10.1. The predicted molar refractivity (Wildman–Crippen MR) is 74.0 cm³/mol. The molecule has 1 amide bonds. The molecule has 2 aromatic rings. The van der Waals surface area contributed by atoms with Crippen molar-refractivity contribution in [2.75, 3.05) is 5.32 Å². The van der Waals surface area contributed by atoms with Crippen LogP contribution in [0.5, 0.6) is 0 Å². The van der Waals surface area contributed by atoms with Crippen LogP contribution in [0.4, 0.5) is 10.1 Å². The summed E-state index contributed by atoms with van der Waals surface area (Å²) in [6.07, 6.45) is 3.86. The maximum Gasteiger partial charge on any atom is 0.337 e. The monoisotopic (exact) mass is 288 g/mol. The number of halogens is 1. The molecule has 108 valence electrons. The fourth-order valence-electron chi connectivity index (χ4n) is 2.25. The number of aromatic nitrogens is 1. The second-order valence-corrected chi connectivity index (χ2v) is 4.98. The van der Waals surface area contributed by atoms with Crippen molar-refractivity contribution in [3.8, 4) is 0 Å². The molecule has 6 heteroatoms. The number of carbonyl (C=O) groups is 2. The van der Waals surface area contributed by atoms with Crippen molar-refractivity contribution in [1.29, 1.82) is 0 Å². The number of nitrogens with zero attached hydrogens (tertiary/aromatic N) is 1. The van der Waals surface area contributed by atoms with E-state index >= 15 is 0 Å². The third-order valence-electron chi connectivity index (χ3n) is 3.41. The lowest BCUT2D eigenvalue weighted by atomic mass is 10.1. The van der Waals surface area contributed by atoms with Crippen molar-refractivity contribution >= 4 is 17.6 Å². The van der Waals surface area contributed by atoms with Gasteiger partial charge in [-0.1, -0.05) is 0 Å². The lowest BCUT2D eigenvalue weighted by molar-refractivity contribution is 0.0698. The molecular weight excluding hydrogens is 275 g/mol. The predicted octanol–water partition coefficient (Wildman–Crippen LogP) is 2.91. The van der Waals surface area contributed by atoms with Gasteiger partial charge in [0.05, 0.1) is 11.3 Å². The Labute approximate surface area is 120 Å². The fourth-order valence-corrected chi connectivity index (χ4v) is 2.25. The molecule has 0 aliphatic heterocycles. The van der Waals surface area contributed by atoms with E-state index < -0.39 is 17.7 Å². The van der Waals surface area contributed by atoms with Crippen LogP contribution >= 0.6 is 0 Å². The van der Waals surface area contributed by atoms with Gasteiger partial charge in [0, 0.05) is 12.2 Å². The smallest absolute Gasteiger partial charge is 0.337 e. The Kier molecular flexibility index (Phi) is 3.21. The third kappa shape index (κ3) is 2.65. The average molecular weight is 288 g/mol. The van der Waals surface area contributed by atoms with Crippen LogP contribution in [-0.4, -0.2) is 21.6 Å². The molecule has 0 atom stereocenters. The van der Waals surface area contributed by atoms with Gasteiger partial charge >= 0.3 is 5.97 Å². The highest BCUT2D eigenvalue weighted by atomic mass is 19.1. The molecule has 1 aliphatic carbocycles. The molecule has 3 rings (SSSR count). The molecule has 0 bridgehead atoms. The highest BCUT2D eigenvalue weighted by molar-refractivity contribution is 6.07. The topological polar surface area (TPSA) is 71.3 Å². The van der Waals surface area contributed by atoms with Gasteiger partial charge in [-0.2, -0.15) is 0 Å². The van der Waals surface area contributed by atoms with Gasteiger partial charge in [0.1, 0.15) is 11.5 Å². The first kappa shape index (κ1) is 13.4. The number of aromatic carboxylic acids is 1. The molecule has 1 aromatic heterocycles. The highest BCUT2D eigenvalue weighted by Crippen LogP contribution is 2.36. The zero-order valence-corrected chi connectivity index (χ0v) is 11.0. The van der Waals surface area contributed by atoms with E-state index in [0.29, 0.717) is 11.7 Å². The van der Waals surface area contributed by atoms with Gasteiger partial charge in [0.25, 0.3) is 5.91 Å². The molecule has 1 aromatic carbocycles. The van der Waals surface area contributed by atoms with Crippen LogP contribution in [-0.2, 0) is 0 Å². The summed E-state index contributed by atoms with van der Waals surface area (Å²) in [7, 11) is 0. The van der Waals surface area contributed by atoms with E-state index in [1.165, 1.54) is 0 Å². The fraction of sp³-hybridized carbons (Fsp3) is 0.200. The SMILES string of the molecule is O=C(O)c1ccc(F)cc1NC(=O)c1cccn1C1CC1. The summed E-state index contributed by atoms with van der Waals surface area (Å²) >= 11 is 0. The van der Waals surface area contributed by atoms with Crippen LogP contribution in [0.3, 0.4) is 0 Å². The van der Waals surface area contributed by atoms with Crippen LogP contribution in [0.1, 0.15) is 39.7 Å². The van der Waals surface area contributed by atoms with Gasteiger partial charge in [-0.15, -0.1) is 0 Å². The van der Waals surface area contributed by atoms with Gasteiger partial charge < -0.3 is 15.0 Å². The van der Waals surface area contributed by atoms with Crippen molar-refractivity contribution in [3.63, 3.8) is 0 Å². The number of carboxylic acids is 1. The summed E-state index contributed by atoms with van der Waals surface area (Å²) in [4.78, 5) is 23.4. The van der Waals surface area contributed by atoms with E-state index in [4.69, 9.17) is 5.11 Å². The molecule has 0 unspecified atom stereocenters. The summed E-state index contributed by atoms with van der Waals surface area (Å²) in [6, 6.07) is 6.93. The van der Waals surface area contributed by atoms with E-state index in [0.717, 1.165) is 31.0 Å². The van der Waals surface area contributed by atoms with Crippen molar-refractivity contribution in [2.45, 2.75) is 18.9 Å². The minimum Gasteiger partial charge on any atom is -0.478 e. The molecule has 0 spiro atoms. The Morgan fingerprint density at radius 3 is 2.71 bits per heavy atom. The number of amides is 1. The van der Waals surface area contributed by atoms with E-state index in [2.05, 4.69) is 5.32 Å². The minimum atomic E-state index is -1.22. The van der Waals surface area contributed by atoms with Crippen LogP contribution in [0.25, 0.3) is 0 Å². The van der Waals surface area contributed by atoms with E-state index in [1.54, 1.807) is 12.1 Å². The summed E-state index contributed by atoms with van der Waals surface area (Å²) in [6.45, 7) is 0. The number of anilines is 1. The highest BCUT2D eigenvalue weighted by Gasteiger charge is 2.27. The lowest BCUT2D eigenvalue weighted by Crippen LogP contribution is -2.18. The Bertz CT molecular complexity index is 719. The number of hydrogen-bond donors (Lipinski definition) is 2. The first-order valence-electron chi connectivity index (χ1n) is 6.57. The number of rotatable bonds is 4. The van der Waals surface area contributed by atoms with Gasteiger partial charge in [-0.3, -0.25) is 4.79 Å². The zero-order chi connectivity index (χ0) is 15.0. The third-order valence-corrected chi connectivity index (χ3v) is 3.41. The van der Waals surface area contributed by atoms with E-state index in [-0.39, 0.29) is 11.3 Å².